The van der Waals surface area contributed by atoms with Crippen LogP contribution in [0.4, 0.5) is 0 Å². The molecule has 0 radical (unpaired) electrons. The van der Waals surface area contributed by atoms with Crippen molar-refractivity contribution in [2.24, 2.45) is 5.10 Å². The lowest BCUT2D eigenvalue weighted by Gasteiger charge is -2.02. The average molecular weight is 431 g/mol. The molecule has 160 valence electrons. The zero-order valence-corrected chi connectivity index (χ0v) is 18.0. The van der Waals surface area contributed by atoms with Crippen LogP contribution in [0, 0.1) is 6.92 Å². The normalized spacial score (nSPS) is 11.2. The van der Waals surface area contributed by atoms with Crippen LogP contribution in [0.2, 0.25) is 0 Å². The van der Waals surface area contributed by atoms with E-state index in [1.165, 1.54) is 5.56 Å². The highest BCUT2D eigenvalue weighted by Gasteiger charge is 2.12. The van der Waals surface area contributed by atoms with Crippen LogP contribution in [0.1, 0.15) is 21.6 Å². The molecule has 2 aromatic heterocycles. The van der Waals surface area contributed by atoms with Gasteiger partial charge in [-0.25, -0.2) is 15.1 Å². The predicted molar refractivity (Wildman–Crippen MR) is 131 cm³/mol. The Labute approximate surface area is 191 Å². The monoisotopic (exact) mass is 431 g/mol. The molecule has 0 spiro atoms. The Hall–Kier alpha value is -4.58. The molecule has 2 heterocycles. The molecule has 0 bridgehead atoms. The smallest absolute Gasteiger partial charge is 0.266 e. The lowest BCUT2D eigenvalue weighted by Crippen LogP contribution is -2.18. The maximum absolute atomic E-state index is 12.6. The molecule has 0 atom stereocenters. The van der Waals surface area contributed by atoms with Gasteiger partial charge in [-0.05, 0) is 31.2 Å². The second-order valence-corrected chi connectivity index (χ2v) is 7.67. The third kappa shape index (κ3) is 4.41. The van der Waals surface area contributed by atoms with Crippen LogP contribution in [-0.4, -0.2) is 26.9 Å². The van der Waals surface area contributed by atoms with E-state index in [1.807, 2.05) is 103 Å². The summed E-state index contributed by atoms with van der Waals surface area (Å²) < 4.78 is 1.81. The summed E-state index contributed by atoms with van der Waals surface area (Å²) >= 11 is 0. The molecule has 0 saturated carbocycles. The fourth-order valence-electron chi connectivity index (χ4n) is 3.54. The van der Waals surface area contributed by atoms with E-state index in [4.69, 9.17) is 5.10 Å². The number of rotatable bonds is 5. The Morgan fingerprint density at radius 2 is 1.67 bits per heavy atom. The third-order valence-corrected chi connectivity index (χ3v) is 5.29. The summed E-state index contributed by atoms with van der Waals surface area (Å²) in [4.78, 5) is 17.0. The van der Waals surface area contributed by atoms with Gasteiger partial charge in [-0.1, -0.05) is 72.3 Å². The van der Waals surface area contributed by atoms with Gasteiger partial charge in [0.25, 0.3) is 5.91 Å². The molecular weight excluding hydrogens is 410 g/mol. The van der Waals surface area contributed by atoms with E-state index in [-0.39, 0.29) is 5.91 Å². The topological polar surface area (TPSA) is 72.2 Å². The highest BCUT2D eigenvalue weighted by atomic mass is 16.2. The van der Waals surface area contributed by atoms with E-state index in [2.05, 4.69) is 15.5 Å². The number of amides is 1. The number of aryl methyl sites for hydroxylation is 1. The number of hydrogen-bond donors (Lipinski definition) is 1. The van der Waals surface area contributed by atoms with Gasteiger partial charge in [0.1, 0.15) is 11.4 Å². The number of nitrogens with zero attached hydrogens (tertiary/aromatic N) is 4. The second kappa shape index (κ2) is 8.88. The van der Waals surface area contributed by atoms with E-state index in [0.717, 1.165) is 33.4 Å². The number of para-hydroxylation sites is 2. The SMILES string of the molecule is Cc1ccc(-c2nn(-c3ccccc3)cc2/C=N/NC(=O)c2ccc3ccccc3n2)cc1. The molecule has 6 heteroatoms. The van der Waals surface area contributed by atoms with Crippen LogP contribution in [0.15, 0.2) is 102 Å². The first-order valence-corrected chi connectivity index (χ1v) is 10.6. The summed E-state index contributed by atoms with van der Waals surface area (Å²) in [5.41, 5.74) is 8.30. The van der Waals surface area contributed by atoms with E-state index in [9.17, 15) is 4.79 Å². The van der Waals surface area contributed by atoms with E-state index in [0.29, 0.717) is 5.69 Å². The number of fused-ring (bicyclic) bond motifs is 1. The molecule has 5 rings (SSSR count). The van der Waals surface area contributed by atoms with E-state index in [1.54, 1.807) is 12.3 Å². The van der Waals surface area contributed by atoms with Crippen molar-refractivity contribution in [3.05, 3.63) is 114 Å². The average Bonchev–Trinajstić information content (AvgIpc) is 3.29. The van der Waals surface area contributed by atoms with Crippen LogP contribution in [0.3, 0.4) is 0 Å². The Bertz CT molecular complexity index is 1450. The number of carbonyl (C=O) groups is 1. The molecule has 5 aromatic rings. The second-order valence-electron chi connectivity index (χ2n) is 7.67. The summed E-state index contributed by atoms with van der Waals surface area (Å²) in [6, 6.07) is 29.3. The van der Waals surface area contributed by atoms with Gasteiger partial charge in [-0.3, -0.25) is 4.79 Å². The minimum absolute atomic E-state index is 0.310. The van der Waals surface area contributed by atoms with Gasteiger partial charge in [0.2, 0.25) is 0 Å². The Balaban J connectivity index is 1.43. The van der Waals surface area contributed by atoms with Crippen molar-refractivity contribution in [2.45, 2.75) is 6.92 Å². The lowest BCUT2D eigenvalue weighted by atomic mass is 10.1. The van der Waals surface area contributed by atoms with Crippen LogP contribution in [0.5, 0.6) is 0 Å². The number of aromatic nitrogens is 3. The fourth-order valence-corrected chi connectivity index (χ4v) is 3.54. The highest BCUT2D eigenvalue weighted by molar-refractivity contribution is 5.96. The summed E-state index contributed by atoms with van der Waals surface area (Å²) in [7, 11) is 0. The maximum atomic E-state index is 12.6. The summed E-state index contributed by atoms with van der Waals surface area (Å²) in [6.07, 6.45) is 3.51. The molecule has 0 aliphatic heterocycles. The standard InChI is InChI=1S/C27H21N5O/c1-19-11-13-21(14-12-19)26-22(18-32(31-26)23-8-3-2-4-9-23)17-28-30-27(33)25-16-15-20-7-5-6-10-24(20)29-25/h2-18H,1H3,(H,30,33)/b28-17+. The maximum Gasteiger partial charge on any atom is 0.289 e. The zero-order valence-electron chi connectivity index (χ0n) is 18.0. The van der Waals surface area contributed by atoms with Crippen molar-refractivity contribution in [1.29, 1.82) is 0 Å². The Morgan fingerprint density at radius 3 is 2.48 bits per heavy atom. The van der Waals surface area contributed by atoms with Gasteiger partial charge in [0.15, 0.2) is 0 Å². The van der Waals surface area contributed by atoms with Gasteiger partial charge in [0.05, 0.1) is 17.4 Å². The van der Waals surface area contributed by atoms with Crippen molar-refractivity contribution in [2.75, 3.05) is 0 Å². The Kier molecular flexibility index (Phi) is 5.47. The summed E-state index contributed by atoms with van der Waals surface area (Å²) in [5, 5.41) is 9.94. The van der Waals surface area contributed by atoms with E-state index < -0.39 is 0 Å². The quantitative estimate of drug-likeness (QED) is 0.309. The lowest BCUT2D eigenvalue weighted by molar-refractivity contribution is 0.0950. The van der Waals surface area contributed by atoms with E-state index >= 15 is 0 Å². The first-order chi connectivity index (χ1) is 16.2. The molecule has 0 aliphatic carbocycles. The largest absolute Gasteiger partial charge is 0.289 e. The van der Waals surface area contributed by atoms with Crippen LogP contribution >= 0.6 is 0 Å². The molecule has 3 aromatic carbocycles. The molecule has 0 aliphatic rings. The van der Waals surface area contributed by atoms with Crippen LogP contribution < -0.4 is 5.43 Å². The minimum atomic E-state index is -0.371. The molecule has 1 amide bonds. The number of hydrogen-bond acceptors (Lipinski definition) is 4. The number of pyridine rings is 1. The van der Waals surface area contributed by atoms with Crippen molar-refractivity contribution in [1.82, 2.24) is 20.2 Å². The van der Waals surface area contributed by atoms with Gasteiger partial charge < -0.3 is 0 Å². The molecule has 6 nitrogen and oxygen atoms in total. The van der Waals surface area contributed by atoms with Gasteiger partial charge in [-0.15, -0.1) is 0 Å². The van der Waals surface area contributed by atoms with Crippen molar-refractivity contribution >= 4 is 23.0 Å². The van der Waals surface area contributed by atoms with Crippen LogP contribution in [-0.2, 0) is 0 Å². The minimum Gasteiger partial charge on any atom is -0.266 e. The van der Waals surface area contributed by atoms with Gasteiger partial charge in [-0.2, -0.15) is 10.2 Å². The van der Waals surface area contributed by atoms with Gasteiger partial charge in [0, 0.05) is 22.7 Å². The van der Waals surface area contributed by atoms with Crippen LogP contribution in [0.25, 0.3) is 27.8 Å². The molecular formula is C27H21N5O. The molecule has 0 saturated heterocycles. The molecule has 33 heavy (non-hydrogen) atoms. The summed E-state index contributed by atoms with van der Waals surface area (Å²) in [6.45, 7) is 2.05. The number of carbonyl (C=O) groups excluding carboxylic acids is 1. The third-order valence-electron chi connectivity index (χ3n) is 5.29. The highest BCUT2D eigenvalue weighted by Crippen LogP contribution is 2.23. The first-order valence-electron chi connectivity index (χ1n) is 10.6. The van der Waals surface area contributed by atoms with Gasteiger partial charge >= 0.3 is 0 Å². The molecule has 0 fully saturated rings. The predicted octanol–water partition coefficient (Wildman–Crippen LogP) is 5.16. The first kappa shape index (κ1) is 20.3. The zero-order chi connectivity index (χ0) is 22.6. The summed E-state index contributed by atoms with van der Waals surface area (Å²) in [5.74, 6) is -0.371. The number of nitrogens with one attached hydrogen (secondary N) is 1. The fraction of sp³-hybridized carbons (Fsp3) is 0.0370. The van der Waals surface area contributed by atoms with Crippen molar-refractivity contribution in [3.63, 3.8) is 0 Å². The Morgan fingerprint density at radius 1 is 0.909 bits per heavy atom. The van der Waals surface area contributed by atoms with Crippen molar-refractivity contribution < 1.29 is 4.79 Å². The molecule has 0 unspecified atom stereocenters. The number of benzene rings is 3. The molecule has 1 N–H and O–H groups in total. The number of hydrazone groups is 1. The van der Waals surface area contributed by atoms with Crippen molar-refractivity contribution in [3.8, 4) is 16.9 Å².